The number of para-hydroxylation sites is 1. The molecule has 0 saturated heterocycles. The number of nitrogens with zero attached hydrogens (tertiary/aromatic N) is 3. The van der Waals surface area contributed by atoms with E-state index in [1.54, 1.807) is 12.1 Å². The van der Waals surface area contributed by atoms with Crippen molar-refractivity contribution < 1.29 is 19.4 Å². The van der Waals surface area contributed by atoms with Gasteiger partial charge in [0.1, 0.15) is 5.69 Å². The van der Waals surface area contributed by atoms with E-state index in [9.17, 15) is 29.8 Å². The van der Waals surface area contributed by atoms with Crippen molar-refractivity contribution in [3.8, 4) is 0 Å². The number of benzene rings is 2. The fraction of sp³-hybridized carbons (Fsp3) is 0. The number of amides is 1. The fourth-order valence-corrected chi connectivity index (χ4v) is 2.39. The molecule has 0 bridgehead atoms. The van der Waals surface area contributed by atoms with Gasteiger partial charge in [0.25, 0.3) is 17.2 Å². The van der Waals surface area contributed by atoms with Crippen LogP contribution in [0.15, 0.2) is 42.5 Å². The monoisotopic (exact) mass is 313 g/mol. The number of fused-ring (bicyclic) bond motifs is 1. The number of carbonyl (C=O) groups is 2. The Morgan fingerprint density at radius 3 is 2.22 bits per heavy atom. The van der Waals surface area contributed by atoms with Gasteiger partial charge < -0.3 is 0 Å². The molecule has 0 unspecified atom stereocenters. The van der Waals surface area contributed by atoms with E-state index in [1.165, 1.54) is 12.1 Å². The molecule has 9 nitrogen and oxygen atoms in total. The van der Waals surface area contributed by atoms with Crippen molar-refractivity contribution in [3.63, 3.8) is 0 Å². The molecular weight excluding hydrogens is 306 g/mol. The average molecular weight is 313 g/mol. The summed E-state index contributed by atoms with van der Waals surface area (Å²) in [5.74, 6) is -1.73. The Labute approximate surface area is 128 Å². The number of Topliss-reactive ketones (excluding diaryl/α,β-unsaturated/α-hetero) is 1. The molecule has 23 heavy (non-hydrogen) atoms. The largest absolute Gasteiger partial charge is 0.304 e. The number of nitro groups is 2. The Kier molecular flexibility index (Phi) is 3.10. The second kappa shape index (κ2) is 4.98. The first-order chi connectivity index (χ1) is 10.9. The molecule has 0 spiro atoms. The number of non-ortho nitro benzene ring substituents is 1. The van der Waals surface area contributed by atoms with Crippen LogP contribution in [0, 0.1) is 20.2 Å². The third kappa shape index (κ3) is 2.11. The third-order valence-electron chi connectivity index (χ3n) is 3.39. The van der Waals surface area contributed by atoms with Crippen LogP contribution in [0.25, 0.3) is 0 Å². The van der Waals surface area contributed by atoms with Crippen LogP contribution in [-0.4, -0.2) is 21.5 Å². The van der Waals surface area contributed by atoms with Gasteiger partial charge in [-0.05, 0) is 18.2 Å². The minimum Gasteiger partial charge on any atom is -0.283 e. The minimum atomic E-state index is -0.942. The lowest BCUT2D eigenvalue weighted by atomic mass is 10.1. The van der Waals surface area contributed by atoms with Crippen LogP contribution in [0.4, 0.5) is 22.7 Å². The molecule has 114 valence electrons. The molecule has 1 heterocycles. The van der Waals surface area contributed by atoms with Gasteiger partial charge in [0, 0.05) is 6.07 Å². The van der Waals surface area contributed by atoms with E-state index in [2.05, 4.69) is 0 Å². The number of nitro benzene ring substituents is 2. The molecular formula is C14H7N3O6. The first-order valence-electron chi connectivity index (χ1n) is 6.32. The van der Waals surface area contributed by atoms with Crippen molar-refractivity contribution in [1.29, 1.82) is 0 Å². The van der Waals surface area contributed by atoms with E-state index in [-0.39, 0.29) is 16.9 Å². The quantitative estimate of drug-likeness (QED) is 0.486. The molecule has 2 aromatic carbocycles. The predicted octanol–water partition coefficient (Wildman–Crippen LogP) is 2.36. The molecule has 1 aliphatic rings. The summed E-state index contributed by atoms with van der Waals surface area (Å²) in [7, 11) is 0. The molecule has 1 aliphatic heterocycles. The van der Waals surface area contributed by atoms with E-state index in [0.717, 1.165) is 23.1 Å². The molecule has 0 aliphatic carbocycles. The van der Waals surface area contributed by atoms with Crippen molar-refractivity contribution in [2.45, 2.75) is 0 Å². The second-order valence-electron chi connectivity index (χ2n) is 4.67. The van der Waals surface area contributed by atoms with Crippen LogP contribution in [0.1, 0.15) is 10.4 Å². The van der Waals surface area contributed by atoms with E-state index < -0.39 is 32.9 Å². The number of ketones is 1. The van der Waals surface area contributed by atoms with Gasteiger partial charge in [0.2, 0.25) is 0 Å². The zero-order chi connectivity index (χ0) is 16.7. The average Bonchev–Trinajstić information content (AvgIpc) is 2.78. The topological polar surface area (TPSA) is 124 Å². The van der Waals surface area contributed by atoms with Gasteiger partial charge in [-0.2, -0.15) is 0 Å². The molecule has 1 amide bonds. The number of hydrogen-bond acceptors (Lipinski definition) is 6. The van der Waals surface area contributed by atoms with Gasteiger partial charge in [0.05, 0.1) is 27.2 Å². The van der Waals surface area contributed by atoms with Crippen molar-refractivity contribution in [2.24, 2.45) is 0 Å². The summed E-state index contributed by atoms with van der Waals surface area (Å²) in [6, 6.07) is 8.95. The van der Waals surface area contributed by atoms with E-state index in [4.69, 9.17) is 0 Å². The minimum absolute atomic E-state index is 0.130. The number of rotatable bonds is 3. The Morgan fingerprint density at radius 1 is 0.870 bits per heavy atom. The molecule has 0 saturated carbocycles. The van der Waals surface area contributed by atoms with Crippen molar-refractivity contribution >= 4 is 34.4 Å². The third-order valence-corrected chi connectivity index (χ3v) is 3.39. The van der Waals surface area contributed by atoms with Crippen molar-refractivity contribution in [2.75, 3.05) is 4.90 Å². The van der Waals surface area contributed by atoms with Crippen LogP contribution >= 0.6 is 0 Å². The highest BCUT2D eigenvalue weighted by Crippen LogP contribution is 2.41. The SMILES string of the molecule is O=C1C(=O)N(c2ccc([N+](=O)[O-])cc2[N+](=O)[O-])c2ccccc21. The maximum absolute atomic E-state index is 12.2. The van der Waals surface area contributed by atoms with Gasteiger partial charge in [-0.3, -0.25) is 34.7 Å². The Hall–Kier alpha value is -3.62. The van der Waals surface area contributed by atoms with Crippen LogP contribution in [0.2, 0.25) is 0 Å². The van der Waals surface area contributed by atoms with Gasteiger partial charge in [-0.15, -0.1) is 0 Å². The van der Waals surface area contributed by atoms with Crippen LogP contribution < -0.4 is 4.90 Å². The Bertz CT molecular complexity index is 892. The number of hydrogen-bond donors (Lipinski definition) is 0. The normalized spacial score (nSPS) is 13.1. The summed E-state index contributed by atoms with van der Waals surface area (Å²) >= 11 is 0. The van der Waals surface area contributed by atoms with Crippen molar-refractivity contribution in [3.05, 3.63) is 68.3 Å². The predicted molar refractivity (Wildman–Crippen MR) is 77.7 cm³/mol. The van der Waals surface area contributed by atoms with Gasteiger partial charge in [0.15, 0.2) is 0 Å². The smallest absolute Gasteiger partial charge is 0.283 e. The van der Waals surface area contributed by atoms with Gasteiger partial charge in [-0.25, -0.2) is 0 Å². The summed E-state index contributed by atoms with van der Waals surface area (Å²) in [6.07, 6.45) is 0. The molecule has 2 aromatic rings. The zero-order valence-corrected chi connectivity index (χ0v) is 11.3. The number of carbonyl (C=O) groups excluding carboxylic acids is 2. The fourth-order valence-electron chi connectivity index (χ4n) is 2.39. The molecule has 0 atom stereocenters. The summed E-state index contributed by atoms with van der Waals surface area (Å²) in [6.45, 7) is 0. The lowest BCUT2D eigenvalue weighted by Gasteiger charge is -2.16. The molecule has 0 aromatic heterocycles. The molecule has 0 radical (unpaired) electrons. The van der Waals surface area contributed by atoms with E-state index >= 15 is 0 Å². The molecule has 3 rings (SSSR count). The van der Waals surface area contributed by atoms with Gasteiger partial charge in [-0.1, -0.05) is 12.1 Å². The van der Waals surface area contributed by atoms with Crippen molar-refractivity contribution in [1.82, 2.24) is 0 Å². The first kappa shape index (κ1) is 14.3. The standard InChI is InChI=1S/C14H7N3O6/c18-13-9-3-1-2-4-10(9)15(14(13)19)11-6-5-8(16(20)21)7-12(11)17(22)23/h1-7H. The maximum atomic E-state index is 12.2. The highest BCUT2D eigenvalue weighted by molar-refractivity contribution is 6.53. The summed E-state index contributed by atoms with van der Waals surface area (Å²) in [4.78, 5) is 45.4. The number of anilines is 2. The van der Waals surface area contributed by atoms with E-state index in [0.29, 0.717) is 0 Å². The highest BCUT2D eigenvalue weighted by Gasteiger charge is 2.39. The first-order valence-corrected chi connectivity index (χ1v) is 6.32. The van der Waals surface area contributed by atoms with Crippen LogP contribution in [0.5, 0.6) is 0 Å². The lowest BCUT2D eigenvalue weighted by molar-refractivity contribution is -0.393. The molecule has 9 heteroatoms. The van der Waals surface area contributed by atoms with Crippen LogP contribution in [-0.2, 0) is 4.79 Å². The summed E-state index contributed by atoms with van der Waals surface area (Å²) in [5.41, 5.74) is -0.961. The zero-order valence-electron chi connectivity index (χ0n) is 11.3. The lowest BCUT2D eigenvalue weighted by Crippen LogP contribution is -2.25. The maximum Gasteiger partial charge on any atom is 0.304 e. The second-order valence-corrected chi connectivity index (χ2v) is 4.67. The van der Waals surface area contributed by atoms with Gasteiger partial charge >= 0.3 is 5.91 Å². The molecule has 0 fully saturated rings. The Balaban J connectivity index is 2.23. The summed E-state index contributed by atoms with van der Waals surface area (Å²) < 4.78 is 0. The van der Waals surface area contributed by atoms with E-state index in [1.807, 2.05) is 0 Å². The van der Waals surface area contributed by atoms with Crippen LogP contribution in [0.3, 0.4) is 0 Å². The highest BCUT2D eigenvalue weighted by atomic mass is 16.6. The molecule has 0 N–H and O–H groups in total. The summed E-state index contributed by atoms with van der Waals surface area (Å²) in [5, 5.41) is 22.0. The Morgan fingerprint density at radius 2 is 1.57 bits per heavy atom.